The van der Waals surface area contributed by atoms with E-state index in [1.54, 1.807) is 4.31 Å². The highest BCUT2D eigenvalue weighted by Gasteiger charge is 2.26. The van der Waals surface area contributed by atoms with Gasteiger partial charge in [-0.3, -0.25) is 0 Å². The SMILES string of the molecule is CCN(Cc1ccccc1)S(=O)(=O)CC1CCCNC1. The molecule has 0 spiro atoms. The summed E-state index contributed by atoms with van der Waals surface area (Å²) in [7, 11) is -3.18. The highest BCUT2D eigenvalue weighted by molar-refractivity contribution is 7.89. The smallest absolute Gasteiger partial charge is 0.214 e. The van der Waals surface area contributed by atoms with Crippen LogP contribution in [0.4, 0.5) is 0 Å². The summed E-state index contributed by atoms with van der Waals surface area (Å²) < 4.78 is 26.7. The van der Waals surface area contributed by atoms with E-state index in [1.807, 2.05) is 37.3 Å². The van der Waals surface area contributed by atoms with E-state index in [0.29, 0.717) is 13.1 Å². The van der Waals surface area contributed by atoms with Gasteiger partial charge >= 0.3 is 0 Å². The summed E-state index contributed by atoms with van der Waals surface area (Å²) in [5, 5.41) is 3.28. The summed E-state index contributed by atoms with van der Waals surface area (Å²) in [6.45, 7) is 4.73. The van der Waals surface area contributed by atoms with Gasteiger partial charge in [0.2, 0.25) is 10.0 Å². The minimum absolute atomic E-state index is 0.249. The lowest BCUT2D eigenvalue weighted by Gasteiger charge is -2.26. The Hall–Kier alpha value is -0.910. The first-order chi connectivity index (χ1) is 9.62. The number of benzene rings is 1. The summed E-state index contributed by atoms with van der Waals surface area (Å²) in [4.78, 5) is 0. The first kappa shape index (κ1) is 15.5. The van der Waals surface area contributed by atoms with Crippen molar-refractivity contribution >= 4 is 10.0 Å². The number of nitrogens with one attached hydrogen (secondary N) is 1. The molecule has 1 unspecified atom stereocenters. The molecule has 112 valence electrons. The van der Waals surface area contributed by atoms with Crippen LogP contribution in [0.15, 0.2) is 30.3 Å². The molecule has 1 aliphatic rings. The van der Waals surface area contributed by atoms with E-state index in [0.717, 1.165) is 31.5 Å². The molecule has 1 saturated heterocycles. The Bertz CT molecular complexity index is 496. The average molecular weight is 296 g/mol. The van der Waals surface area contributed by atoms with Gasteiger partial charge in [0.25, 0.3) is 0 Å². The molecule has 1 heterocycles. The van der Waals surface area contributed by atoms with Crippen LogP contribution >= 0.6 is 0 Å². The molecule has 1 aromatic carbocycles. The van der Waals surface area contributed by atoms with Crippen LogP contribution in [0.1, 0.15) is 25.3 Å². The number of hydrogen-bond acceptors (Lipinski definition) is 3. The maximum atomic E-state index is 12.5. The highest BCUT2D eigenvalue weighted by Crippen LogP contribution is 2.17. The monoisotopic (exact) mass is 296 g/mol. The van der Waals surface area contributed by atoms with Gasteiger partial charge in [0.05, 0.1) is 5.75 Å². The molecule has 0 saturated carbocycles. The fourth-order valence-corrected chi connectivity index (χ4v) is 4.49. The molecule has 20 heavy (non-hydrogen) atoms. The second kappa shape index (κ2) is 7.20. The number of hydrogen-bond donors (Lipinski definition) is 1. The molecule has 1 atom stereocenters. The topological polar surface area (TPSA) is 49.4 Å². The Morgan fingerprint density at radius 1 is 1.30 bits per heavy atom. The molecule has 0 aromatic heterocycles. The Balaban J connectivity index is 2.01. The second-order valence-corrected chi connectivity index (χ2v) is 7.42. The number of piperidine rings is 1. The molecule has 1 aliphatic heterocycles. The molecule has 0 radical (unpaired) electrons. The predicted molar refractivity (Wildman–Crippen MR) is 81.9 cm³/mol. The largest absolute Gasteiger partial charge is 0.316 e. The number of rotatable bonds is 6. The van der Waals surface area contributed by atoms with Crippen molar-refractivity contribution in [1.29, 1.82) is 0 Å². The van der Waals surface area contributed by atoms with Crippen LogP contribution in [0.2, 0.25) is 0 Å². The number of sulfonamides is 1. The van der Waals surface area contributed by atoms with E-state index in [1.165, 1.54) is 0 Å². The lowest BCUT2D eigenvalue weighted by molar-refractivity contribution is 0.380. The van der Waals surface area contributed by atoms with Crippen molar-refractivity contribution in [2.45, 2.75) is 26.3 Å². The number of nitrogens with zero attached hydrogens (tertiary/aromatic N) is 1. The Labute approximate surface area is 122 Å². The zero-order valence-electron chi connectivity index (χ0n) is 12.1. The van der Waals surface area contributed by atoms with Crippen molar-refractivity contribution in [3.8, 4) is 0 Å². The van der Waals surface area contributed by atoms with Gasteiger partial charge in [0.15, 0.2) is 0 Å². The Morgan fingerprint density at radius 2 is 2.05 bits per heavy atom. The van der Waals surface area contributed by atoms with Crippen molar-refractivity contribution < 1.29 is 8.42 Å². The molecule has 0 amide bonds. The van der Waals surface area contributed by atoms with Crippen molar-refractivity contribution in [2.24, 2.45) is 5.92 Å². The zero-order chi connectivity index (χ0) is 14.4. The van der Waals surface area contributed by atoms with Crippen LogP contribution in [0.5, 0.6) is 0 Å². The fraction of sp³-hybridized carbons (Fsp3) is 0.600. The molecule has 4 nitrogen and oxygen atoms in total. The van der Waals surface area contributed by atoms with Crippen molar-refractivity contribution in [1.82, 2.24) is 9.62 Å². The highest BCUT2D eigenvalue weighted by atomic mass is 32.2. The lowest BCUT2D eigenvalue weighted by Crippen LogP contribution is -2.39. The normalized spacial score (nSPS) is 20.2. The third kappa shape index (κ3) is 4.30. The molecule has 0 aliphatic carbocycles. The zero-order valence-corrected chi connectivity index (χ0v) is 12.9. The van der Waals surface area contributed by atoms with Gasteiger partial charge in [0.1, 0.15) is 0 Å². The van der Waals surface area contributed by atoms with Crippen molar-refractivity contribution in [2.75, 3.05) is 25.4 Å². The summed E-state index contributed by atoms with van der Waals surface area (Å²) in [5.41, 5.74) is 1.04. The summed E-state index contributed by atoms with van der Waals surface area (Å²) >= 11 is 0. The van der Waals surface area contributed by atoms with E-state index in [4.69, 9.17) is 0 Å². The van der Waals surface area contributed by atoms with Crippen LogP contribution in [0.25, 0.3) is 0 Å². The lowest BCUT2D eigenvalue weighted by atomic mass is 10.0. The Kier molecular flexibility index (Phi) is 5.57. The molecule has 1 fully saturated rings. The van der Waals surface area contributed by atoms with Crippen molar-refractivity contribution in [3.05, 3.63) is 35.9 Å². The molecule has 1 N–H and O–H groups in total. The van der Waals surface area contributed by atoms with E-state index < -0.39 is 10.0 Å². The third-order valence-electron chi connectivity index (χ3n) is 3.79. The Morgan fingerprint density at radius 3 is 2.65 bits per heavy atom. The maximum absolute atomic E-state index is 12.5. The minimum atomic E-state index is -3.18. The molecular weight excluding hydrogens is 272 g/mol. The standard InChI is InChI=1S/C15H24N2O2S/c1-2-17(12-14-7-4-3-5-8-14)20(18,19)13-15-9-6-10-16-11-15/h3-5,7-8,15-16H,2,6,9-13H2,1H3. The van der Waals surface area contributed by atoms with Gasteiger partial charge in [-0.1, -0.05) is 37.3 Å². The van der Waals surface area contributed by atoms with Gasteiger partial charge in [-0.05, 0) is 37.4 Å². The van der Waals surface area contributed by atoms with Crippen LogP contribution in [0, 0.1) is 5.92 Å². The van der Waals surface area contributed by atoms with E-state index in [2.05, 4.69) is 5.32 Å². The first-order valence-electron chi connectivity index (χ1n) is 7.34. The summed E-state index contributed by atoms with van der Waals surface area (Å²) in [5.74, 6) is 0.513. The van der Waals surface area contributed by atoms with E-state index >= 15 is 0 Å². The van der Waals surface area contributed by atoms with Gasteiger partial charge in [-0.2, -0.15) is 4.31 Å². The van der Waals surface area contributed by atoms with Crippen LogP contribution in [0.3, 0.4) is 0 Å². The quantitative estimate of drug-likeness (QED) is 0.871. The third-order valence-corrected chi connectivity index (χ3v) is 5.86. The van der Waals surface area contributed by atoms with Gasteiger partial charge in [-0.15, -0.1) is 0 Å². The predicted octanol–water partition coefficient (Wildman–Crippen LogP) is 1.84. The van der Waals surface area contributed by atoms with Gasteiger partial charge < -0.3 is 5.32 Å². The molecule has 0 bridgehead atoms. The van der Waals surface area contributed by atoms with Crippen LogP contribution < -0.4 is 5.32 Å². The van der Waals surface area contributed by atoms with Crippen LogP contribution in [-0.2, 0) is 16.6 Å². The van der Waals surface area contributed by atoms with Gasteiger partial charge in [-0.25, -0.2) is 8.42 Å². The molecule has 1 aromatic rings. The van der Waals surface area contributed by atoms with Crippen molar-refractivity contribution in [3.63, 3.8) is 0 Å². The van der Waals surface area contributed by atoms with E-state index in [-0.39, 0.29) is 11.7 Å². The van der Waals surface area contributed by atoms with E-state index in [9.17, 15) is 8.42 Å². The first-order valence-corrected chi connectivity index (χ1v) is 8.95. The van der Waals surface area contributed by atoms with Gasteiger partial charge in [0, 0.05) is 13.1 Å². The average Bonchev–Trinajstić information content (AvgIpc) is 2.46. The van der Waals surface area contributed by atoms with Crippen LogP contribution in [-0.4, -0.2) is 38.1 Å². The fourth-order valence-electron chi connectivity index (χ4n) is 2.66. The summed E-state index contributed by atoms with van der Waals surface area (Å²) in [6, 6.07) is 9.78. The molecular formula is C15H24N2O2S. The summed E-state index contributed by atoms with van der Waals surface area (Å²) in [6.07, 6.45) is 2.08. The second-order valence-electron chi connectivity index (χ2n) is 5.40. The minimum Gasteiger partial charge on any atom is -0.316 e. The maximum Gasteiger partial charge on any atom is 0.214 e. The molecule has 2 rings (SSSR count). The molecule has 5 heteroatoms.